The summed E-state index contributed by atoms with van der Waals surface area (Å²) in [4.78, 5) is 25.4. The minimum Gasteiger partial charge on any atom is -0.497 e. The Morgan fingerprint density at radius 1 is 0.906 bits per heavy atom. The summed E-state index contributed by atoms with van der Waals surface area (Å²) in [6.07, 6.45) is 0. The topological polar surface area (TPSA) is 81.7 Å². The molecule has 0 aliphatic rings. The van der Waals surface area contributed by atoms with Crippen molar-refractivity contribution in [1.82, 2.24) is 0 Å². The van der Waals surface area contributed by atoms with E-state index >= 15 is 0 Å². The summed E-state index contributed by atoms with van der Waals surface area (Å²) in [7, 11) is 1.59. The molecule has 1 N–H and O–H groups in total. The van der Waals surface area contributed by atoms with Crippen LogP contribution in [0.15, 0.2) is 90.9 Å². The molecule has 0 atom stereocenters. The zero-order valence-corrected chi connectivity index (χ0v) is 18.4. The molecule has 0 aliphatic carbocycles. The molecule has 3 aromatic carbocycles. The van der Waals surface area contributed by atoms with Crippen LogP contribution in [0.3, 0.4) is 0 Å². The number of ether oxygens (including phenoxy) is 1. The second-order valence-electron chi connectivity index (χ2n) is 7.16. The molecular weight excluding hydrogens is 474 g/mol. The van der Waals surface area contributed by atoms with Crippen molar-refractivity contribution in [1.29, 1.82) is 0 Å². The molecule has 2 heterocycles. The third kappa shape index (κ3) is 3.78. The molecule has 0 saturated carbocycles. The van der Waals surface area contributed by atoms with Crippen LogP contribution in [0.4, 0.5) is 5.69 Å². The van der Waals surface area contributed by atoms with Gasteiger partial charge in [-0.25, -0.2) is 0 Å². The van der Waals surface area contributed by atoms with Gasteiger partial charge in [0.25, 0.3) is 5.91 Å². The minimum atomic E-state index is -0.407. The molecule has 0 spiro atoms. The van der Waals surface area contributed by atoms with E-state index in [2.05, 4.69) is 21.2 Å². The monoisotopic (exact) mass is 489 g/mol. The maximum Gasteiger partial charge on any atom is 0.291 e. The van der Waals surface area contributed by atoms with Crippen molar-refractivity contribution in [3.63, 3.8) is 0 Å². The van der Waals surface area contributed by atoms with E-state index < -0.39 is 5.91 Å². The van der Waals surface area contributed by atoms with Crippen LogP contribution >= 0.6 is 15.9 Å². The normalized spacial score (nSPS) is 11.1. The molecule has 0 aliphatic heterocycles. The zero-order valence-electron chi connectivity index (χ0n) is 16.8. The molecule has 0 saturated heterocycles. The van der Waals surface area contributed by atoms with Gasteiger partial charge in [-0.15, -0.1) is 0 Å². The summed E-state index contributed by atoms with van der Waals surface area (Å²) in [5.41, 5.74) is 2.06. The third-order valence-corrected chi connectivity index (χ3v) is 5.55. The van der Waals surface area contributed by atoms with Crippen LogP contribution in [-0.2, 0) is 0 Å². The number of hydrogen-bond donors (Lipinski definition) is 1. The van der Waals surface area contributed by atoms with E-state index in [-0.39, 0.29) is 11.2 Å². The molecule has 32 heavy (non-hydrogen) atoms. The van der Waals surface area contributed by atoms with Crippen molar-refractivity contribution in [2.75, 3.05) is 12.4 Å². The summed E-state index contributed by atoms with van der Waals surface area (Å²) in [6, 6.07) is 20.8. The molecular formula is C25H16BrNO5. The molecule has 0 bridgehead atoms. The van der Waals surface area contributed by atoms with Crippen LogP contribution in [-0.4, -0.2) is 13.0 Å². The van der Waals surface area contributed by atoms with Gasteiger partial charge >= 0.3 is 0 Å². The first-order valence-corrected chi connectivity index (χ1v) is 10.5. The van der Waals surface area contributed by atoms with Crippen LogP contribution in [0.5, 0.6) is 5.75 Å². The van der Waals surface area contributed by atoms with Crippen LogP contribution in [0, 0.1) is 0 Å². The molecule has 0 unspecified atom stereocenters. The van der Waals surface area contributed by atoms with Gasteiger partial charge in [0.15, 0.2) is 11.2 Å². The van der Waals surface area contributed by atoms with Gasteiger partial charge in [-0.3, -0.25) is 9.59 Å². The standard InChI is InChI=1S/C25H16BrNO5/c1-30-18-6-2-14(3-7-18)23-13-20(28)19-12-17(5-9-22(19)32-23)27-25(29)24-11-15-10-16(26)4-8-21(15)31-24/h2-13H,1H3,(H,27,29). The van der Waals surface area contributed by atoms with Crippen molar-refractivity contribution in [2.24, 2.45) is 0 Å². The van der Waals surface area contributed by atoms with Gasteiger partial charge in [-0.1, -0.05) is 15.9 Å². The lowest BCUT2D eigenvalue weighted by atomic mass is 10.1. The van der Waals surface area contributed by atoms with Gasteiger partial charge < -0.3 is 18.9 Å². The van der Waals surface area contributed by atoms with Crippen molar-refractivity contribution < 1.29 is 18.4 Å². The number of carbonyl (C=O) groups is 1. The van der Waals surface area contributed by atoms with Gasteiger partial charge in [0.2, 0.25) is 0 Å². The lowest BCUT2D eigenvalue weighted by Gasteiger charge is -2.07. The number of hydrogen-bond acceptors (Lipinski definition) is 5. The number of halogens is 1. The van der Waals surface area contributed by atoms with E-state index in [0.717, 1.165) is 15.4 Å². The Kier molecular flexibility index (Phi) is 5.03. The first-order chi connectivity index (χ1) is 15.5. The number of benzene rings is 3. The van der Waals surface area contributed by atoms with E-state index in [1.54, 1.807) is 49.6 Å². The Balaban J connectivity index is 1.44. The third-order valence-electron chi connectivity index (χ3n) is 5.06. The smallest absolute Gasteiger partial charge is 0.291 e. The second-order valence-corrected chi connectivity index (χ2v) is 8.08. The van der Waals surface area contributed by atoms with Crippen LogP contribution < -0.4 is 15.5 Å². The highest BCUT2D eigenvalue weighted by Gasteiger charge is 2.14. The van der Waals surface area contributed by atoms with E-state index in [0.29, 0.717) is 33.7 Å². The fourth-order valence-corrected chi connectivity index (χ4v) is 3.83. The SMILES string of the molecule is COc1ccc(-c2cc(=O)c3cc(NC(=O)c4cc5cc(Br)ccc5o4)ccc3o2)cc1. The molecule has 6 nitrogen and oxygen atoms in total. The molecule has 7 heteroatoms. The Morgan fingerprint density at radius 3 is 2.47 bits per heavy atom. The molecule has 0 radical (unpaired) electrons. The van der Waals surface area contributed by atoms with Crippen molar-refractivity contribution in [2.45, 2.75) is 0 Å². The van der Waals surface area contributed by atoms with Gasteiger partial charge in [0.1, 0.15) is 22.7 Å². The molecule has 0 fully saturated rings. The largest absolute Gasteiger partial charge is 0.497 e. The quantitative estimate of drug-likeness (QED) is 0.323. The number of rotatable bonds is 4. The lowest BCUT2D eigenvalue weighted by Crippen LogP contribution is -2.11. The maximum absolute atomic E-state index is 12.7. The van der Waals surface area contributed by atoms with Crippen molar-refractivity contribution in [3.05, 3.63) is 93.3 Å². The summed E-state index contributed by atoms with van der Waals surface area (Å²) in [5.74, 6) is 0.945. The Hall–Kier alpha value is -3.84. The lowest BCUT2D eigenvalue weighted by molar-refractivity contribution is 0.0998. The van der Waals surface area contributed by atoms with E-state index in [9.17, 15) is 9.59 Å². The number of methoxy groups -OCH3 is 1. The minimum absolute atomic E-state index is 0.181. The van der Waals surface area contributed by atoms with Crippen LogP contribution in [0.25, 0.3) is 33.3 Å². The summed E-state index contributed by atoms with van der Waals surface area (Å²) in [5, 5.41) is 3.96. The Morgan fingerprint density at radius 2 is 1.69 bits per heavy atom. The average molecular weight is 490 g/mol. The van der Waals surface area contributed by atoms with E-state index in [1.807, 2.05) is 24.3 Å². The highest BCUT2D eigenvalue weighted by atomic mass is 79.9. The number of amides is 1. The first-order valence-electron chi connectivity index (χ1n) is 9.73. The molecule has 1 amide bonds. The first kappa shape index (κ1) is 20.1. The molecule has 5 rings (SSSR count). The summed E-state index contributed by atoms with van der Waals surface area (Å²) in [6.45, 7) is 0. The summed E-state index contributed by atoms with van der Waals surface area (Å²) < 4.78 is 17.6. The van der Waals surface area contributed by atoms with Gasteiger partial charge in [0, 0.05) is 27.2 Å². The number of nitrogens with one attached hydrogen (secondary N) is 1. The van der Waals surface area contributed by atoms with Gasteiger partial charge in [-0.05, 0) is 66.7 Å². The number of fused-ring (bicyclic) bond motifs is 2. The van der Waals surface area contributed by atoms with E-state index in [1.165, 1.54) is 6.07 Å². The van der Waals surface area contributed by atoms with Gasteiger partial charge in [0.05, 0.1) is 12.5 Å². The predicted molar refractivity (Wildman–Crippen MR) is 126 cm³/mol. The Bertz CT molecular complexity index is 1530. The highest BCUT2D eigenvalue weighted by molar-refractivity contribution is 9.10. The number of anilines is 1. The molecule has 2 aromatic heterocycles. The van der Waals surface area contributed by atoms with E-state index in [4.69, 9.17) is 13.6 Å². The summed E-state index contributed by atoms with van der Waals surface area (Å²) >= 11 is 3.40. The molecule has 158 valence electrons. The van der Waals surface area contributed by atoms with Crippen LogP contribution in [0.1, 0.15) is 10.6 Å². The second kappa shape index (κ2) is 8.01. The van der Waals surface area contributed by atoms with Crippen LogP contribution in [0.2, 0.25) is 0 Å². The number of carbonyl (C=O) groups excluding carboxylic acids is 1. The van der Waals surface area contributed by atoms with Crippen molar-refractivity contribution in [3.8, 4) is 17.1 Å². The zero-order chi connectivity index (χ0) is 22.2. The maximum atomic E-state index is 12.7. The highest BCUT2D eigenvalue weighted by Crippen LogP contribution is 2.27. The van der Waals surface area contributed by atoms with Crippen molar-refractivity contribution >= 4 is 49.5 Å². The van der Waals surface area contributed by atoms with Gasteiger partial charge in [-0.2, -0.15) is 0 Å². The Labute approximate surface area is 190 Å². The number of furan rings is 1. The molecule has 5 aromatic rings. The fourth-order valence-electron chi connectivity index (χ4n) is 3.45. The average Bonchev–Trinajstić information content (AvgIpc) is 3.23. The fraction of sp³-hybridized carbons (Fsp3) is 0.0400. The predicted octanol–water partition coefficient (Wildman–Crippen LogP) is 6.23.